The highest BCUT2D eigenvalue weighted by Crippen LogP contribution is 2.28. The summed E-state index contributed by atoms with van der Waals surface area (Å²) in [5.41, 5.74) is 4.50. The third-order valence-corrected chi connectivity index (χ3v) is 5.08. The van der Waals surface area contributed by atoms with Crippen molar-refractivity contribution in [2.75, 3.05) is 18.4 Å². The van der Waals surface area contributed by atoms with Crippen molar-refractivity contribution in [3.63, 3.8) is 0 Å². The van der Waals surface area contributed by atoms with Crippen LogP contribution in [0.2, 0.25) is 0 Å². The summed E-state index contributed by atoms with van der Waals surface area (Å²) in [6.45, 7) is 8.02. The summed E-state index contributed by atoms with van der Waals surface area (Å²) in [6.07, 6.45) is 0. The van der Waals surface area contributed by atoms with Crippen LogP contribution in [0.4, 0.5) is 5.13 Å². The molecule has 22 heavy (non-hydrogen) atoms. The highest BCUT2D eigenvalue weighted by Gasteiger charge is 2.29. The molecule has 4 nitrogen and oxygen atoms in total. The highest BCUT2D eigenvalue weighted by molar-refractivity contribution is 7.14. The van der Waals surface area contributed by atoms with Gasteiger partial charge in [-0.25, -0.2) is 4.98 Å². The molecule has 1 aliphatic rings. The molecule has 2 heterocycles. The zero-order valence-corrected chi connectivity index (χ0v) is 14.0. The number of anilines is 1. The number of hydrogen-bond donors (Lipinski definition) is 2. The predicted molar refractivity (Wildman–Crippen MR) is 91.2 cm³/mol. The smallest absolute Gasteiger partial charge is 0.229 e. The van der Waals surface area contributed by atoms with Gasteiger partial charge in [0.25, 0.3) is 0 Å². The van der Waals surface area contributed by atoms with Crippen molar-refractivity contribution >= 4 is 22.4 Å². The number of rotatable bonds is 4. The third-order valence-electron chi connectivity index (χ3n) is 4.33. The minimum atomic E-state index is 0.0229. The third kappa shape index (κ3) is 3.05. The number of aromatic nitrogens is 1. The number of nitrogens with zero attached hydrogens (tertiary/aromatic N) is 1. The van der Waals surface area contributed by atoms with Crippen molar-refractivity contribution in [1.82, 2.24) is 10.3 Å². The molecule has 1 unspecified atom stereocenters. The maximum absolute atomic E-state index is 12.2. The Bertz CT molecular complexity index is 691. The van der Waals surface area contributed by atoms with Gasteiger partial charge in [-0.05, 0) is 38.4 Å². The molecule has 3 rings (SSSR count). The number of carbonyl (C=O) groups is 1. The van der Waals surface area contributed by atoms with E-state index in [0.29, 0.717) is 11.0 Å². The summed E-state index contributed by atoms with van der Waals surface area (Å²) in [5.74, 6) is 0.529. The van der Waals surface area contributed by atoms with Crippen LogP contribution in [0.1, 0.15) is 18.1 Å². The topological polar surface area (TPSA) is 54.0 Å². The predicted octanol–water partition coefficient (Wildman–Crippen LogP) is 3.22. The summed E-state index contributed by atoms with van der Waals surface area (Å²) in [4.78, 5) is 16.8. The first-order chi connectivity index (χ1) is 10.5. The SMILES string of the molecule is Cc1ccc(-c2csc(NC(=O)C(C)C3CNC3)n2)c(C)c1. The summed E-state index contributed by atoms with van der Waals surface area (Å²) in [6, 6.07) is 6.33. The second kappa shape index (κ2) is 6.18. The minimum absolute atomic E-state index is 0.0229. The molecule has 1 amide bonds. The van der Waals surface area contributed by atoms with Crippen molar-refractivity contribution in [1.29, 1.82) is 0 Å². The average Bonchev–Trinajstić information content (AvgIpc) is 2.84. The average molecular weight is 315 g/mol. The summed E-state index contributed by atoms with van der Waals surface area (Å²) >= 11 is 1.48. The molecule has 2 N–H and O–H groups in total. The molecule has 0 aliphatic carbocycles. The molecule has 0 saturated carbocycles. The van der Waals surface area contributed by atoms with Crippen LogP contribution in [0.15, 0.2) is 23.6 Å². The molecule has 1 aromatic carbocycles. The van der Waals surface area contributed by atoms with E-state index >= 15 is 0 Å². The lowest BCUT2D eigenvalue weighted by molar-refractivity contribution is -0.121. The largest absolute Gasteiger partial charge is 0.316 e. The van der Waals surface area contributed by atoms with E-state index < -0.39 is 0 Å². The van der Waals surface area contributed by atoms with Gasteiger partial charge in [-0.3, -0.25) is 4.79 Å². The first kappa shape index (κ1) is 15.2. The van der Waals surface area contributed by atoms with Crippen molar-refractivity contribution in [3.8, 4) is 11.3 Å². The van der Waals surface area contributed by atoms with Crippen molar-refractivity contribution in [2.45, 2.75) is 20.8 Å². The van der Waals surface area contributed by atoms with Gasteiger partial charge in [0.05, 0.1) is 5.69 Å². The maximum atomic E-state index is 12.2. The van der Waals surface area contributed by atoms with Gasteiger partial charge in [0, 0.05) is 16.9 Å². The Kier molecular flexibility index (Phi) is 4.27. The molecule has 1 aliphatic heterocycles. The normalized spacial score (nSPS) is 16.1. The van der Waals surface area contributed by atoms with Crippen LogP contribution in [-0.2, 0) is 4.79 Å². The number of nitrogens with one attached hydrogen (secondary N) is 2. The second-order valence-electron chi connectivity index (χ2n) is 6.05. The lowest BCUT2D eigenvalue weighted by Gasteiger charge is -2.31. The molecular weight excluding hydrogens is 294 g/mol. The van der Waals surface area contributed by atoms with Crippen LogP contribution in [-0.4, -0.2) is 24.0 Å². The van der Waals surface area contributed by atoms with Crippen LogP contribution in [0.3, 0.4) is 0 Å². The van der Waals surface area contributed by atoms with Crippen LogP contribution in [0.5, 0.6) is 0 Å². The van der Waals surface area contributed by atoms with Gasteiger partial charge in [-0.1, -0.05) is 30.7 Å². The van der Waals surface area contributed by atoms with E-state index in [0.717, 1.165) is 24.3 Å². The molecular formula is C17H21N3OS. The molecule has 0 bridgehead atoms. The fourth-order valence-corrected chi connectivity index (χ4v) is 3.37. The minimum Gasteiger partial charge on any atom is -0.316 e. The number of amides is 1. The Morgan fingerprint density at radius 2 is 2.18 bits per heavy atom. The number of aryl methyl sites for hydroxylation is 2. The van der Waals surface area contributed by atoms with Crippen molar-refractivity contribution in [3.05, 3.63) is 34.7 Å². The van der Waals surface area contributed by atoms with Gasteiger partial charge in [0.1, 0.15) is 0 Å². The monoisotopic (exact) mass is 315 g/mol. The molecule has 1 saturated heterocycles. The summed E-state index contributed by atoms with van der Waals surface area (Å²) in [5, 5.41) is 8.84. The van der Waals surface area contributed by atoms with Crippen LogP contribution in [0.25, 0.3) is 11.3 Å². The zero-order chi connectivity index (χ0) is 15.7. The molecule has 2 aromatic rings. The van der Waals surface area contributed by atoms with E-state index in [9.17, 15) is 4.79 Å². The molecule has 1 aromatic heterocycles. The Morgan fingerprint density at radius 3 is 2.82 bits per heavy atom. The van der Waals surface area contributed by atoms with Crippen LogP contribution >= 0.6 is 11.3 Å². The molecule has 0 spiro atoms. The lowest BCUT2D eigenvalue weighted by Crippen LogP contribution is -2.48. The van der Waals surface area contributed by atoms with E-state index in [4.69, 9.17) is 0 Å². The van der Waals surface area contributed by atoms with E-state index in [1.165, 1.54) is 22.5 Å². The fourth-order valence-electron chi connectivity index (χ4n) is 2.65. The Balaban J connectivity index is 1.72. The zero-order valence-electron chi connectivity index (χ0n) is 13.1. The van der Waals surface area contributed by atoms with Crippen LogP contribution < -0.4 is 10.6 Å². The maximum Gasteiger partial charge on any atom is 0.229 e. The molecule has 0 radical (unpaired) electrons. The van der Waals surface area contributed by atoms with Gasteiger partial charge >= 0.3 is 0 Å². The number of thiazole rings is 1. The first-order valence-corrected chi connectivity index (χ1v) is 8.47. The van der Waals surface area contributed by atoms with E-state index in [1.54, 1.807) is 0 Å². The van der Waals surface area contributed by atoms with Gasteiger partial charge in [-0.2, -0.15) is 0 Å². The van der Waals surface area contributed by atoms with Crippen molar-refractivity contribution < 1.29 is 4.79 Å². The quantitative estimate of drug-likeness (QED) is 0.911. The molecule has 5 heteroatoms. The van der Waals surface area contributed by atoms with Gasteiger partial charge < -0.3 is 10.6 Å². The molecule has 116 valence electrons. The Labute approximate surface area is 135 Å². The van der Waals surface area contributed by atoms with E-state index in [-0.39, 0.29) is 11.8 Å². The Hall–Kier alpha value is -1.72. The Morgan fingerprint density at radius 1 is 1.41 bits per heavy atom. The molecule has 1 fully saturated rings. The number of benzene rings is 1. The van der Waals surface area contributed by atoms with Gasteiger partial charge in [0.2, 0.25) is 5.91 Å². The van der Waals surface area contributed by atoms with Gasteiger partial charge in [0.15, 0.2) is 5.13 Å². The number of hydrogen-bond acceptors (Lipinski definition) is 4. The van der Waals surface area contributed by atoms with Crippen molar-refractivity contribution in [2.24, 2.45) is 11.8 Å². The fraction of sp³-hybridized carbons (Fsp3) is 0.412. The lowest BCUT2D eigenvalue weighted by atomic mass is 9.88. The first-order valence-electron chi connectivity index (χ1n) is 7.59. The summed E-state index contributed by atoms with van der Waals surface area (Å²) in [7, 11) is 0. The molecule has 1 atom stereocenters. The number of carbonyl (C=O) groups excluding carboxylic acids is 1. The second-order valence-corrected chi connectivity index (χ2v) is 6.91. The summed E-state index contributed by atoms with van der Waals surface area (Å²) < 4.78 is 0. The van der Waals surface area contributed by atoms with E-state index in [2.05, 4.69) is 47.7 Å². The standard InChI is InChI=1S/C17H21N3OS/c1-10-4-5-14(11(2)6-10)15-9-22-17(19-15)20-16(21)12(3)13-7-18-8-13/h4-6,9,12-13,18H,7-8H2,1-3H3,(H,19,20,21). The highest BCUT2D eigenvalue weighted by atomic mass is 32.1. The van der Waals surface area contributed by atoms with E-state index in [1.807, 2.05) is 12.3 Å². The van der Waals surface area contributed by atoms with Crippen LogP contribution in [0, 0.1) is 25.7 Å². The van der Waals surface area contributed by atoms with Gasteiger partial charge in [-0.15, -0.1) is 11.3 Å².